The van der Waals surface area contributed by atoms with Crippen molar-refractivity contribution < 1.29 is 14.3 Å². The van der Waals surface area contributed by atoms with Crippen molar-refractivity contribution in [2.75, 3.05) is 19.5 Å². The lowest BCUT2D eigenvalue weighted by Crippen LogP contribution is -2.29. The van der Waals surface area contributed by atoms with Crippen LogP contribution in [0.2, 0.25) is 0 Å². The summed E-state index contributed by atoms with van der Waals surface area (Å²) in [5.74, 6) is 0.0550. The summed E-state index contributed by atoms with van der Waals surface area (Å²) in [7, 11) is 3.01. The van der Waals surface area contributed by atoms with Crippen molar-refractivity contribution in [2.24, 2.45) is 0 Å². The summed E-state index contributed by atoms with van der Waals surface area (Å²) in [6, 6.07) is 0.182. The van der Waals surface area contributed by atoms with Gasteiger partial charge in [-0.05, 0) is 13.8 Å². The first-order valence-corrected chi connectivity index (χ1v) is 4.78. The number of nitrogens with one attached hydrogen (secondary N) is 2. The molecule has 16 heavy (non-hydrogen) atoms. The van der Waals surface area contributed by atoms with E-state index in [1.807, 2.05) is 13.8 Å². The van der Waals surface area contributed by atoms with Crippen LogP contribution in [-0.2, 0) is 9.53 Å². The van der Waals surface area contributed by atoms with E-state index in [9.17, 15) is 4.79 Å². The Balaban J connectivity index is 2.51. The summed E-state index contributed by atoms with van der Waals surface area (Å²) in [5, 5.41) is 8.79. The molecule has 0 aliphatic carbocycles. The fourth-order valence-corrected chi connectivity index (χ4v) is 1.03. The minimum atomic E-state index is -0.506. The number of methoxy groups -OCH3 is 2. The summed E-state index contributed by atoms with van der Waals surface area (Å²) in [6.45, 7) is 3.65. The van der Waals surface area contributed by atoms with Crippen LogP contribution in [0.15, 0.2) is 0 Å². The van der Waals surface area contributed by atoms with Gasteiger partial charge in [0.05, 0.1) is 19.1 Å². The number of nitrogens with zero attached hydrogens (tertiary/aromatic N) is 2. The topological polar surface area (TPSA) is 89.1 Å². The van der Waals surface area contributed by atoms with Crippen LogP contribution in [-0.4, -0.2) is 40.9 Å². The SMILES string of the molecule is COc1n[nH]c(NC(=O)CC(C)(C)OC)n1. The van der Waals surface area contributed by atoms with Crippen LogP contribution < -0.4 is 10.1 Å². The minimum Gasteiger partial charge on any atom is -0.466 e. The maximum atomic E-state index is 11.6. The third-order valence-corrected chi connectivity index (χ3v) is 2.04. The van der Waals surface area contributed by atoms with E-state index in [1.54, 1.807) is 7.11 Å². The van der Waals surface area contributed by atoms with Gasteiger partial charge in [0, 0.05) is 7.11 Å². The van der Waals surface area contributed by atoms with Crippen molar-refractivity contribution >= 4 is 11.9 Å². The number of rotatable bonds is 5. The van der Waals surface area contributed by atoms with Crippen molar-refractivity contribution in [3.8, 4) is 6.01 Å². The Morgan fingerprint density at radius 1 is 1.50 bits per heavy atom. The standard InChI is InChI=1S/C9H16N4O3/c1-9(2,16-4)5-6(14)10-7-11-8(15-3)13-12-7/h5H2,1-4H3,(H2,10,11,12,13,14). The molecular weight excluding hydrogens is 212 g/mol. The number of amides is 1. The van der Waals surface area contributed by atoms with E-state index in [-0.39, 0.29) is 24.3 Å². The maximum absolute atomic E-state index is 11.6. The Morgan fingerprint density at radius 3 is 2.69 bits per heavy atom. The Labute approximate surface area is 93.5 Å². The second-order valence-corrected chi connectivity index (χ2v) is 3.86. The Bertz CT molecular complexity index is 361. The average Bonchev–Trinajstić information content (AvgIpc) is 2.64. The number of anilines is 1. The molecule has 0 aromatic carbocycles. The number of ether oxygens (including phenoxy) is 2. The van der Waals surface area contributed by atoms with Gasteiger partial charge in [0.1, 0.15) is 0 Å². The van der Waals surface area contributed by atoms with E-state index in [1.165, 1.54) is 7.11 Å². The summed E-state index contributed by atoms with van der Waals surface area (Å²) in [5.41, 5.74) is -0.506. The summed E-state index contributed by atoms with van der Waals surface area (Å²) >= 11 is 0. The largest absolute Gasteiger partial charge is 0.466 e. The number of aromatic amines is 1. The van der Waals surface area contributed by atoms with Crippen LogP contribution in [0.3, 0.4) is 0 Å². The predicted molar refractivity (Wildman–Crippen MR) is 57.3 cm³/mol. The molecule has 0 atom stereocenters. The Kier molecular flexibility index (Phi) is 3.83. The fourth-order valence-electron chi connectivity index (χ4n) is 1.03. The molecule has 0 saturated heterocycles. The molecule has 0 bridgehead atoms. The van der Waals surface area contributed by atoms with Crippen LogP contribution in [0, 0.1) is 0 Å². The first kappa shape index (κ1) is 12.4. The van der Waals surface area contributed by atoms with Gasteiger partial charge in [-0.25, -0.2) is 5.10 Å². The number of hydrogen-bond donors (Lipinski definition) is 2. The lowest BCUT2D eigenvalue weighted by molar-refractivity contribution is -0.121. The molecule has 0 spiro atoms. The summed E-state index contributed by atoms with van der Waals surface area (Å²) in [6.07, 6.45) is 0.229. The van der Waals surface area contributed by atoms with Gasteiger partial charge in [-0.1, -0.05) is 0 Å². The Hall–Kier alpha value is -1.63. The first-order chi connectivity index (χ1) is 7.46. The zero-order valence-electron chi connectivity index (χ0n) is 9.83. The van der Waals surface area contributed by atoms with Gasteiger partial charge < -0.3 is 9.47 Å². The molecule has 0 radical (unpaired) electrons. The van der Waals surface area contributed by atoms with E-state index in [2.05, 4.69) is 20.5 Å². The van der Waals surface area contributed by atoms with Crippen LogP contribution in [0.5, 0.6) is 6.01 Å². The maximum Gasteiger partial charge on any atom is 0.336 e. The highest BCUT2D eigenvalue weighted by Gasteiger charge is 2.21. The molecule has 0 aliphatic rings. The number of aromatic nitrogens is 3. The van der Waals surface area contributed by atoms with Crippen LogP contribution in [0.25, 0.3) is 0 Å². The molecule has 7 heteroatoms. The fraction of sp³-hybridized carbons (Fsp3) is 0.667. The van der Waals surface area contributed by atoms with Gasteiger partial charge in [-0.15, -0.1) is 5.10 Å². The van der Waals surface area contributed by atoms with Crippen LogP contribution in [0.1, 0.15) is 20.3 Å². The summed E-state index contributed by atoms with van der Waals surface area (Å²) in [4.78, 5) is 15.4. The molecule has 1 heterocycles. The smallest absolute Gasteiger partial charge is 0.336 e. The van der Waals surface area contributed by atoms with E-state index in [0.717, 1.165) is 0 Å². The molecular formula is C9H16N4O3. The Morgan fingerprint density at radius 2 is 2.19 bits per heavy atom. The van der Waals surface area contributed by atoms with E-state index in [4.69, 9.17) is 9.47 Å². The van der Waals surface area contributed by atoms with Crippen LogP contribution in [0.4, 0.5) is 5.95 Å². The van der Waals surface area contributed by atoms with Crippen molar-refractivity contribution in [1.82, 2.24) is 15.2 Å². The van der Waals surface area contributed by atoms with E-state index >= 15 is 0 Å². The van der Waals surface area contributed by atoms with Crippen molar-refractivity contribution in [1.29, 1.82) is 0 Å². The monoisotopic (exact) mass is 228 g/mol. The lowest BCUT2D eigenvalue weighted by Gasteiger charge is -2.21. The molecule has 2 N–H and O–H groups in total. The molecule has 0 saturated carbocycles. The lowest BCUT2D eigenvalue weighted by atomic mass is 10.1. The highest BCUT2D eigenvalue weighted by atomic mass is 16.5. The van der Waals surface area contributed by atoms with Gasteiger partial charge >= 0.3 is 6.01 Å². The first-order valence-electron chi connectivity index (χ1n) is 4.78. The van der Waals surface area contributed by atoms with E-state index < -0.39 is 5.60 Å². The molecule has 1 amide bonds. The normalized spacial score (nSPS) is 11.2. The molecule has 1 aromatic rings. The van der Waals surface area contributed by atoms with Crippen molar-refractivity contribution in [2.45, 2.75) is 25.9 Å². The number of H-pyrrole nitrogens is 1. The number of carbonyl (C=O) groups excluding carboxylic acids is 1. The third kappa shape index (κ3) is 3.50. The molecule has 1 rings (SSSR count). The summed E-state index contributed by atoms with van der Waals surface area (Å²) < 4.78 is 9.91. The molecule has 90 valence electrons. The van der Waals surface area contributed by atoms with Crippen molar-refractivity contribution in [3.63, 3.8) is 0 Å². The second-order valence-electron chi connectivity index (χ2n) is 3.86. The minimum absolute atomic E-state index is 0.182. The second kappa shape index (κ2) is 4.93. The van der Waals surface area contributed by atoms with Gasteiger partial charge in [-0.3, -0.25) is 10.1 Å². The van der Waals surface area contributed by atoms with Crippen LogP contribution >= 0.6 is 0 Å². The predicted octanol–water partition coefficient (Wildman–Crippen LogP) is 0.567. The number of hydrogen-bond acceptors (Lipinski definition) is 5. The van der Waals surface area contributed by atoms with Crippen molar-refractivity contribution in [3.05, 3.63) is 0 Å². The number of carbonyl (C=O) groups is 1. The van der Waals surface area contributed by atoms with Gasteiger partial charge in [0.2, 0.25) is 11.9 Å². The molecule has 7 nitrogen and oxygen atoms in total. The quantitative estimate of drug-likeness (QED) is 0.769. The van der Waals surface area contributed by atoms with Gasteiger partial charge in [-0.2, -0.15) is 4.98 Å². The zero-order valence-corrected chi connectivity index (χ0v) is 9.83. The average molecular weight is 228 g/mol. The zero-order chi connectivity index (χ0) is 12.2. The van der Waals surface area contributed by atoms with Gasteiger partial charge in [0.25, 0.3) is 0 Å². The highest BCUT2D eigenvalue weighted by molar-refractivity contribution is 5.89. The molecule has 0 aliphatic heterocycles. The van der Waals surface area contributed by atoms with E-state index in [0.29, 0.717) is 0 Å². The van der Waals surface area contributed by atoms with Gasteiger partial charge in [0.15, 0.2) is 0 Å². The molecule has 0 unspecified atom stereocenters. The molecule has 0 fully saturated rings. The third-order valence-electron chi connectivity index (χ3n) is 2.04. The molecule has 1 aromatic heterocycles. The highest BCUT2D eigenvalue weighted by Crippen LogP contribution is 2.14.